The Bertz CT molecular complexity index is 843. The van der Waals surface area contributed by atoms with Crippen LogP contribution in [0.3, 0.4) is 0 Å². The van der Waals surface area contributed by atoms with Crippen LogP contribution in [0, 0.1) is 13.8 Å². The predicted molar refractivity (Wildman–Crippen MR) is 95.8 cm³/mol. The lowest BCUT2D eigenvalue weighted by atomic mass is 10.1. The number of anilines is 1. The highest BCUT2D eigenvalue weighted by atomic mass is 32.2. The Hall–Kier alpha value is -2.34. The van der Waals surface area contributed by atoms with Gasteiger partial charge in [-0.25, -0.2) is 8.42 Å². The van der Waals surface area contributed by atoms with E-state index in [0.717, 1.165) is 11.1 Å². The van der Waals surface area contributed by atoms with Gasteiger partial charge < -0.3 is 4.90 Å². The molecule has 2 aromatic rings. The molecule has 0 unspecified atom stereocenters. The van der Waals surface area contributed by atoms with Gasteiger partial charge in [0.05, 0.1) is 4.90 Å². The Morgan fingerprint density at radius 3 is 2.21 bits per heavy atom. The number of aryl methyl sites for hydroxylation is 2. The average Bonchev–Trinajstić information content (AvgIpc) is 2.56. The monoisotopic (exact) mass is 346 g/mol. The summed E-state index contributed by atoms with van der Waals surface area (Å²) in [6.45, 7) is 6.31. The molecule has 2 rings (SSSR count). The highest BCUT2D eigenvalue weighted by molar-refractivity contribution is 7.92. The van der Waals surface area contributed by atoms with Crippen molar-refractivity contribution in [2.75, 3.05) is 18.3 Å². The maximum absolute atomic E-state index is 12.5. The summed E-state index contributed by atoms with van der Waals surface area (Å²) in [6, 6.07) is 11.4. The molecule has 0 spiro atoms. The van der Waals surface area contributed by atoms with Crippen molar-refractivity contribution in [3.63, 3.8) is 0 Å². The third-order valence-corrected chi connectivity index (χ3v) is 5.37. The van der Waals surface area contributed by atoms with Crippen LogP contribution in [0.1, 0.15) is 28.4 Å². The fourth-order valence-electron chi connectivity index (χ4n) is 2.14. The first-order valence-corrected chi connectivity index (χ1v) is 9.18. The van der Waals surface area contributed by atoms with E-state index in [9.17, 15) is 13.2 Å². The molecular weight excluding hydrogens is 324 g/mol. The van der Waals surface area contributed by atoms with E-state index in [1.807, 2.05) is 20.8 Å². The molecule has 0 atom stereocenters. The lowest BCUT2D eigenvalue weighted by molar-refractivity contribution is 0.0802. The number of hydrogen-bond acceptors (Lipinski definition) is 3. The normalized spacial score (nSPS) is 11.2. The lowest BCUT2D eigenvalue weighted by Gasteiger charge is -2.15. The number of carbonyl (C=O) groups is 1. The van der Waals surface area contributed by atoms with E-state index < -0.39 is 10.0 Å². The molecule has 1 amide bonds. The van der Waals surface area contributed by atoms with Crippen molar-refractivity contribution in [1.29, 1.82) is 0 Å². The SMILES string of the molecule is CCN(C)C(=O)c1ccc(NS(=O)(=O)c2ccc(C)c(C)c2)cc1. The van der Waals surface area contributed by atoms with Crippen molar-refractivity contribution in [1.82, 2.24) is 4.90 Å². The smallest absolute Gasteiger partial charge is 0.261 e. The predicted octanol–water partition coefficient (Wildman–Crippen LogP) is 3.20. The van der Waals surface area contributed by atoms with E-state index in [-0.39, 0.29) is 10.8 Å². The number of amides is 1. The number of nitrogens with one attached hydrogen (secondary N) is 1. The maximum Gasteiger partial charge on any atom is 0.261 e. The minimum absolute atomic E-state index is 0.0962. The number of nitrogens with zero attached hydrogens (tertiary/aromatic N) is 1. The van der Waals surface area contributed by atoms with Crippen LogP contribution in [-0.2, 0) is 10.0 Å². The highest BCUT2D eigenvalue weighted by Gasteiger charge is 2.15. The highest BCUT2D eigenvalue weighted by Crippen LogP contribution is 2.19. The van der Waals surface area contributed by atoms with E-state index in [1.165, 1.54) is 0 Å². The van der Waals surface area contributed by atoms with E-state index in [1.54, 1.807) is 54.4 Å². The number of hydrogen-bond donors (Lipinski definition) is 1. The maximum atomic E-state index is 12.5. The molecule has 0 aliphatic heterocycles. The summed E-state index contributed by atoms with van der Waals surface area (Å²) in [7, 11) is -1.93. The molecule has 0 saturated carbocycles. The van der Waals surface area contributed by atoms with Crippen LogP contribution in [0.5, 0.6) is 0 Å². The van der Waals surface area contributed by atoms with Crippen LogP contribution < -0.4 is 4.72 Å². The Kier molecular flexibility index (Phi) is 5.29. The van der Waals surface area contributed by atoms with Gasteiger partial charge in [-0.1, -0.05) is 6.07 Å². The summed E-state index contributed by atoms with van der Waals surface area (Å²) >= 11 is 0. The summed E-state index contributed by atoms with van der Waals surface area (Å²) in [4.78, 5) is 13.9. The van der Waals surface area contributed by atoms with Gasteiger partial charge in [-0.2, -0.15) is 0 Å². The zero-order chi connectivity index (χ0) is 17.9. The second-order valence-corrected chi connectivity index (χ2v) is 7.43. The van der Waals surface area contributed by atoms with Crippen molar-refractivity contribution in [3.05, 3.63) is 59.2 Å². The van der Waals surface area contributed by atoms with Crippen molar-refractivity contribution in [3.8, 4) is 0 Å². The van der Waals surface area contributed by atoms with E-state index in [4.69, 9.17) is 0 Å². The molecule has 0 aromatic heterocycles. The molecule has 0 bridgehead atoms. The summed E-state index contributed by atoms with van der Waals surface area (Å²) in [6.07, 6.45) is 0. The molecule has 0 fully saturated rings. The number of sulfonamides is 1. The number of rotatable bonds is 5. The van der Waals surface area contributed by atoms with Gasteiger partial charge in [-0.3, -0.25) is 9.52 Å². The van der Waals surface area contributed by atoms with Gasteiger partial charge in [0.1, 0.15) is 0 Å². The second kappa shape index (κ2) is 7.05. The average molecular weight is 346 g/mol. The van der Waals surface area contributed by atoms with Gasteiger partial charge in [0.2, 0.25) is 0 Å². The van der Waals surface area contributed by atoms with Crippen LogP contribution in [0.15, 0.2) is 47.4 Å². The standard InChI is InChI=1S/C18H22N2O3S/c1-5-20(4)18(21)15-7-9-16(10-8-15)19-24(22,23)17-11-6-13(2)14(3)12-17/h6-12,19H,5H2,1-4H3. The third-order valence-electron chi connectivity index (χ3n) is 3.99. The Morgan fingerprint density at radius 1 is 1.04 bits per heavy atom. The van der Waals surface area contributed by atoms with Crippen LogP contribution in [0.2, 0.25) is 0 Å². The molecule has 0 aliphatic carbocycles. The summed E-state index contributed by atoms with van der Waals surface area (Å²) < 4.78 is 27.4. The topological polar surface area (TPSA) is 66.5 Å². The fourth-order valence-corrected chi connectivity index (χ4v) is 3.28. The molecule has 1 N–H and O–H groups in total. The molecule has 0 radical (unpaired) electrons. The first-order chi connectivity index (χ1) is 11.2. The van der Waals surface area contributed by atoms with Gasteiger partial charge in [0.25, 0.3) is 15.9 Å². The van der Waals surface area contributed by atoms with Gasteiger partial charge in [-0.05, 0) is 68.3 Å². The third kappa shape index (κ3) is 3.94. The molecule has 2 aromatic carbocycles. The molecule has 0 saturated heterocycles. The van der Waals surface area contributed by atoms with E-state index in [2.05, 4.69) is 4.72 Å². The van der Waals surface area contributed by atoms with Crippen LogP contribution >= 0.6 is 0 Å². The van der Waals surface area contributed by atoms with Gasteiger partial charge in [0.15, 0.2) is 0 Å². The van der Waals surface area contributed by atoms with Crippen LogP contribution in [0.4, 0.5) is 5.69 Å². The zero-order valence-electron chi connectivity index (χ0n) is 14.3. The minimum atomic E-state index is -3.65. The van der Waals surface area contributed by atoms with Gasteiger partial charge in [-0.15, -0.1) is 0 Å². The fraction of sp³-hybridized carbons (Fsp3) is 0.278. The van der Waals surface area contributed by atoms with Crippen LogP contribution in [0.25, 0.3) is 0 Å². The summed E-state index contributed by atoms with van der Waals surface area (Å²) in [5, 5.41) is 0. The number of carbonyl (C=O) groups excluding carboxylic acids is 1. The molecule has 0 heterocycles. The Morgan fingerprint density at radius 2 is 1.67 bits per heavy atom. The molecule has 5 nitrogen and oxygen atoms in total. The minimum Gasteiger partial charge on any atom is -0.342 e. The Labute approximate surface area is 143 Å². The Balaban J connectivity index is 2.21. The second-order valence-electron chi connectivity index (χ2n) is 5.75. The first kappa shape index (κ1) is 18.0. The largest absolute Gasteiger partial charge is 0.342 e. The lowest BCUT2D eigenvalue weighted by Crippen LogP contribution is -2.26. The van der Waals surface area contributed by atoms with Gasteiger partial charge >= 0.3 is 0 Å². The van der Waals surface area contributed by atoms with Crippen molar-refractivity contribution in [2.24, 2.45) is 0 Å². The van der Waals surface area contributed by atoms with Gasteiger partial charge in [0, 0.05) is 24.8 Å². The molecular formula is C18H22N2O3S. The molecule has 24 heavy (non-hydrogen) atoms. The zero-order valence-corrected chi connectivity index (χ0v) is 15.1. The van der Waals surface area contributed by atoms with E-state index >= 15 is 0 Å². The quantitative estimate of drug-likeness (QED) is 0.904. The summed E-state index contributed by atoms with van der Waals surface area (Å²) in [5.74, 6) is -0.0962. The van der Waals surface area contributed by atoms with Crippen molar-refractivity contribution < 1.29 is 13.2 Å². The molecule has 0 aliphatic rings. The van der Waals surface area contributed by atoms with Crippen molar-refractivity contribution >= 4 is 21.6 Å². The first-order valence-electron chi connectivity index (χ1n) is 7.70. The van der Waals surface area contributed by atoms with Crippen molar-refractivity contribution in [2.45, 2.75) is 25.7 Å². The summed E-state index contributed by atoms with van der Waals surface area (Å²) in [5.41, 5.74) is 2.90. The number of benzene rings is 2. The molecule has 6 heteroatoms. The van der Waals surface area contributed by atoms with E-state index in [0.29, 0.717) is 17.8 Å². The molecule has 128 valence electrons. The van der Waals surface area contributed by atoms with Crippen LogP contribution in [-0.4, -0.2) is 32.8 Å².